The van der Waals surface area contributed by atoms with Crippen LogP contribution in [-0.4, -0.2) is 6.61 Å². The fourth-order valence-corrected chi connectivity index (χ4v) is 1.92. The van der Waals surface area contributed by atoms with E-state index in [-0.39, 0.29) is 9.32 Å². The van der Waals surface area contributed by atoms with Crippen molar-refractivity contribution in [3.63, 3.8) is 0 Å². The average Bonchev–Trinajstić information content (AvgIpc) is 2.33. The molecule has 4 heteroatoms. The Morgan fingerprint density at radius 2 is 1.76 bits per heavy atom. The lowest BCUT2D eigenvalue weighted by atomic mass is 10.2. The molecule has 0 spiro atoms. The maximum atomic E-state index is 13.4. The molecule has 0 aliphatic heterocycles. The monoisotopic (exact) mass is 354 g/mol. The zero-order chi connectivity index (χ0) is 12.7. The fraction of sp³-hybridized carbons (Fsp3) is 0.538. The number of benzene rings is 1. The summed E-state index contributed by atoms with van der Waals surface area (Å²) in [5.41, 5.74) is 0. The first-order chi connectivity index (χ1) is 8.16. The van der Waals surface area contributed by atoms with E-state index in [1.165, 1.54) is 31.4 Å². The SMILES string of the molecule is CCCCCCCOc1ccc(I)c(F)c1F. The van der Waals surface area contributed by atoms with Crippen molar-refractivity contribution in [2.45, 2.75) is 39.0 Å². The highest BCUT2D eigenvalue weighted by atomic mass is 127. The van der Waals surface area contributed by atoms with Crippen molar-refractivity contribution in [2.24, 2.45) is 0 Å². The van der Waals surface area contributed by atoms with Crippen LogP contribution in [0, 0.1) is 15.2 Å². The van der Waals surface area contributed by atoms with Crippen LogP contribution in [0.5, 0.6) is 5.75 Å². The van der Waals surface area contributed by atoms with E-state index >= 15 is 0 Å². The smallest absolute Gasteiger partial charge is 0.201 e. The molecule has 0 amide bonds. The fourth-order valence-electron chi connectivity index (χ4n) is 1.51. The van der Waals surface area contributed by atoms with Gasteiger partial charge in [0.15, 0.2) is 11.6 Å². The summed E-state index contributed by atoms with van der Waals surface area (Å²) in [6.45, 7) is 2.60. The molecule has 0 saturated carbocycles. The Morgan fingerprint density at radius 1 is 1.06 bits per heavy atom. The van der Waals surface area contributed by atoms with Crippen molar-refractivity contribution in [2.75, 3.05) is 6.61 Å². The van der Waals surface area contributed by atoms with Gasteiger partial charge < -0.3 is 4.74 Å². The maximum absolute atomic E-state index is 13.4. The van der Waals surface area contributed by atoms with Crippen LogP contribution in [0.25, 0.3) is 0 Å². The summed E-state index contributed by atoms with van der Waals surface area (Å²) in [7, 11) is 0. The van der Waals surface area contributed by atoms with Crippen molar-refractivity contribution in [1.29, 1.82) is 0 Å². The van der Waals surface area contributed by atoms with Gasteiger partial charge in [0.25, 0.3) is 0 Å². The van der Waals surface area contributed by atoms with E-state index in [0.29, 0.717) is 6.61 Å². The molecule has 0 aromatic heterocycles. The van der Waals surface area contributed by atoms with Crippen molar-refractivity contribution in [3.05, 3.63) is 27.3 Å². The number of hydrogen-bond donors (Lipinski definition) is 0. The molecule has 0 N–H and O–H groups in total. The Balaban J connectivity index is 2.35. The molecule has 0 heterocycles. The molecule has 96 valence electrons. The Hall–Kier alpha value is -0.390. The molecule has 1 aromatic carbocycles. The summed E-state index contributed by atoms with van der Waals surface area (Å²) < 4.78 is 32.1. The lowest BCUT2D eigenvalue weighted by Crippen LogP contribution is -2.01. The highest BCUT2D eigenvalue weighted by molar-refractivity contribution is 14.1. The summed E-state index contributed by atoms with van der Waals surface area (Å²) >= 11 is 1.76. The van der Waals surface area contributed by atoms with Crippen LogP contribution in [0.1, 0.15) is 39.0 Å². The van der Waals surface area contributed by atoms with Crippen molar-refractivity contribution >= 4 is 22.6 Å². The third kappa shape index (κ3) is 4.77. The van der Waals surface area contributed by atoms with Crippen LogP contribution in [0.2, 0.25) is 0 Å². The van der Waals surface area contributed by atoms with E-state index in [4.69, 9.17) is 4.74 Å². The van der Waals surface area contributed by atoms with E-state index < -0.39 is 11.6 Å². The van der Waals surface area contributed by atoms with E-state index in [0.717, 1.165) is 12.8 Å². The van der Waals surface area contributed by atoms with E-state index in [1.54, 1.807) is 22.6 Å². The summed E-state index contributed by atoms with van der Waals surface area (Å²) in [4.78, 5) is 0. The van der Waals surface area contributed by atoms with Crippen molar-refractivity contribution in [3.8, 4) is 5.75 Å². The molecule has 0 atom stereocenters. The molecular formula is C13H17F2IO. The van der Waals surface area contributed by atoms with Gasteiger partial charge in [-0.15, -0.1) is 0 Å². The molecular weight excluding hydrogens is 337 g/mol. The van der Waals surface area contributed by atoms with E-state index in [1.807, 2.05) is 0 Å². The van der Waals surface area contributed by atoms with Gasteiger partial charge >= 0.3 is 0 Å². The van der Waals surface area contributed by atoms with Crippen LogP contribution >= 0.6 is 22.6 Å². The molecule has 1 rings (SSSR count). The summed E-state index contributed by atoms with van der Waals surface area (Å²) in [6.07, 6.45) is 5.53. The molecule has 0 aliphatic carbocycles. The zero-order valence-electron chi connectivity index (χ0n) is 9.94. The minimum atomic E-state index is -0.884. The largest absolute Gasteiger partial charge is 0.490 e. The van der Waals surface area contributed by atoms with Gasteiger partial charge in [-0.2, -0.15) is 4.39 Å². The first-order valence-electron chi connectivity index (χ1n) is 5.93. The van der Waals surface area contributed by atoms with Crippen LogP contribution in [0.4, 0.5) is 8.78 Å². The van der Waals surface area contributed by atoms with Gasteiger partial charge in [-0.3, -0.25) is 0 Å². The third-order valence-electron chi connectivity index (χ3n) is 2.51. The summed E-state index contributed by atoms with van der Waals surface area (Å²) in [6, 6.07) is 3.00. The number of halogens is 3. The van der Waals surface area contributed by atoms with Crippen molar-refractivity contribution in [1.82, 2.24) is 0 Å². The lowest BCUT2D eigenvalue weighted by molar-refractivity contribution is 0.284. The van der Waals surface area contributed by atoms with Gasteiger partial charge in [0, 0.05) is 0 Å². The Bertz CT molecular complexity index is 356. The second-order valence-corrected chi connectivity index (χ2v) is 5.10. The Morgan fingerprint density at radius 3 is 2.47 bits per heavy atom. The molecule has 0 aliphatic rings. The predicted molar refractivity (Wildman–Crippen MR) is 73.3 cm³/mol. The first-order valence-corrected chi connectivity index (χ1v) is 7.01. The van der Waals surface area contributed by atoms with Gasteiger partial charge in [-0.05, 0) is 41.1 Å². The second-order valence-electron chi connectivity index (χ2n) is 3.94. The first kappa shape index (κ1) is 14.7. The van der Waals surface area contributed by atoms with E-state index in [9.17, 15) is 8.78 Å². The molecule has 0 saturated heterocycles. The maximum Gasteiger partial charge on any atom is 0.201 e. The molecule has 1 nitrogen and oxygen atoms in total. The minimum absolute atomic E-state index is 0.0124. The molecule has 0 bridgehead atoms. The van der Waals surface area contributed by atoms with Crippen LogP contribution in [0.15, 0.2) is 12.1 Å². The highest BCUT2D eigenvalue weighted by Crippen LogP contribution is 2.23. The minimum Gasteiger partial charge on any atom is -0.490 e. The Labute approximate surface area is 115 Å². The van der Waals surface area contributed by atoms with Crippen LogP contribution in [0.3, 0.4) is 0 Å². The number of hydrogen-bond acceptors (Lipinski definition) is 1. The third-order valence-corrected chi connectivity index (χ3v) is 3.34. The van der Waals surface area contributed by atoms with Gasteiger partial charge in [-0.25, -0.2) is 4.39 Å². The van der Waals surface area contributed by atoms with Gasteiger partial charge in [0.05, 0.1) is 10.2 Å². The predicted octanol–water partition coefficient (Wildman–Crippen LogP) is 4.92. The van der Waals surface area contributed by atoms with E-state index in [2.05, 4.69) is 6.92 Å². The van der Waals surface area contributed by atoms with Gasteiger partial charge in [-0.1, -0.05) is 32.6 Å². The van der Waals surface area contributed by atoms with Crippen LogP contribution < -0.4 is 4.74 Å². The van der Waals surface area contributed by atoms with Crippen LogP contribution in [-0.2, 0) is 0 Å². The molecule has 1 aromatic rings. The van der Waals surface area contributed by atoms with Crippen molar-refractivity contribution < 1.29 is 13.5 Å². The molecule has 0 unspecified atom stereocenters. The normalized spacial score (nSPS) is 10.6. The van der Waals surface area contributed by atoms with Gasteiger partial charge in [0.1, 0.15) is 0 Å². The summed E-state index contributed by atoms with van der Waals surface area (Å²) in [5.74, 6) is -1.70. The lowest BCUT2D eigenvalue weighted by Gasteiger charge is -2.08. The Kier molecular flexibility index (Phi) is 6.77. The topological polar surface area (TPSA) is 9.23 Å². The highest BCUT2D eigenvalue weighted by Gasteiger charge is 2.12. The molecule has 17 heavy (non-hydrogen) atoms. The average molecular weight is 354 g/mol. The quantitative estimate of drug-likeness (QED) is 0.384. The molecule has 0 fully saturated rings. The number of ether oxygens (including phenoxy) is 1. The molecule has 0 radical (unpaired) electrons. The number of unbranched alkanes of at least 4 members (excludes halogenated alkanes) is 4. The second kappa shape index (κ2) is 7.84. The summed E-state index contributed by atoms with van der Waals surface area (Å²) in [5, 5.41) is 0. The standard InChI is InChI=1S/C13H17F2IO/c1-2-3-4-5-6-9-17-11-8-7-10(16)12(14)13(11)15/h7-8H,2-6,9H2,1H3. The van der Waals surface area contributed by atoms with Gasteiger partial charge in [0.2, 0.25) is 5.82 Å². The zero-order valence-corrected chi connectivity index (χ0v) is 12.1. The number of rotatable bonds is 7.